The van der Waals surface area contributed by atoms with E-state index >= 15 is 0 Å². The maximum absolute atomic E-state index is 10.8. The molecule has 2 aromatic heterocycles. The van der Waals surface area contributed by atoms with Crippen LogP contribution in [0.15, 0.2) is 22.5 Å². The molecule has 0 saturated heterocycles. The van der Waals surface area contributed by atoms with Crippen molar-refractivity contribution in [2.24, 2.45) is 10.7 Å². The molecule has 0 atom stereocenters. The van der Waals surface area contributed by atoms with Gasteiger partial charge in [0.15, 0.2) is 11.1 Å². The number of carboxylic acid groups (broad SMARTS) is 2. The highest BCUT2D eigenvalue weighted by Gasteiger charge is 2.08. The first-order valence-corrected chi connectivity index (χ1v) is 9.17. The van der Waals surface area contributed by atoms with Gasteiger partial charge in [0, 0.05) is 30.8 Å². The molecule has 0 radical (unpaired) electrons. The summed E-state index contributed by atoms with van der Waals surface area (Å²) in [5, 5.41) is 23.2. The van der Waals surface area contributed by atoms with Crippen molar-refractivity contribution in [1.82, 2.24) is 10.3 Å². The molecule has 6 N–H and O–H groups in total. The third kappa shape index (κ3) is 8.29. The second-order valence-corrected chi connectivity index (χ2v) is 6.91. The van der Waals surface area contributed by atoms with E-state index in [0.29, 0.717) is 12.5 Å². The van der Waals surface area contributed by atoms with Crippen LogP contribution in [0.1, 0.15) is 11.8 Å². The lowest BCUT2D eigenvalue weighted by molar-refractivity contribution is -0.159. The molecule has 10 nitrogen and oxygen atoms in total. The van der Waals surface area contributed by atoms with Crippen LogP contribution in [0.4, 0.5) is 5.13 Å². The van der Waals surface area contributed by atoms with Gasteiger partial charge in [0.1, 0.15) is 0 Å². The van der Waals surface area contributed by atoms with Gasteiger partial charge in [-0.1, -0.05) is 0 Å². The molecule has 0 spiro atoms. The number of hydrogen-bond acceptors (Lipinski definition) is 7. The first-order chi connectivity index (χ1) is 12.7. The topological polar surface area (TPSA) is 167 Å². The van der Waals surface area contributed by atoms with E-state index in [4.69, 9.17) is 25.5 Å². The lowest BCUT2D eigenvalue weighted by atomic mass is 10.3. The van der Waals surface area contributed by atoms with Gasteiger partial charge >= 0.3 is 11.9 Å². The molecule has 27 heavy (non-hydrogen) atoms. The molecule has 0 aliphatic rings. The summed E-state index contributed by atoms with van der Waals surface area (Å²) in [7, 11) is 1.62. The third-order valence-corrected chi connectivity index (χ3v) is 4.75. The monoisotopic (exact) mass is 413 g/mol. The average Bonchev–Trinajstić information content (AvgIpc) is 3.24. The Morgan fingerprint density at radius 3 is 2.48 bits per heavy atom. The number of aliphatic carboxylic acids is 2. The normalized spacial score (nSPS) is 10.5. The molecule has 0 unspecified atom stereocenters. The van der Waals surface area contributed by atoms with Gasteiger partial charge in [0.25, 0.3) is 0 Å². The van der Waals surface area contributed by atoms with E-state index in [1.807, 2.05) is 11.4 Å². The molecule has 1 amide bonds. The number of carbonyl (C=O) groups excluding carboxylic acids is 1. The van der Waals surface area contributed by atoms with Crippen molar-refractivity contribution in [3.63, 3.8) is 0 Å². The Morgan fingerprint density at radius 1 is 1.26 bits per heavy atom. The quantitative estimate of drug-likeness (QED) is 0.275. The van der Waals surface area contributed by atoms with Gasteiger partial charge in [-0.2, -0.15) is 0 Å². The summed E-state index contributed by atoms with van der Waals surface area (Å²) in [4.78, 5) is 39.7. The molecule has 2 aromatic rings. The number of amides is 1. The summed E-state index contributed by atoms with van der Waals surface area (Å²) >= 11 is 3.16. The second-order valence-electron chi connectivity index (χ2n) is 4.88. The van der Waals surface area contributed by atoms with Gasteiger partial charge in [0.05, 0.1) is 10.6 Å². The molecule has 146 valence electrons. The lowest BCUT2D eigenvalue weighted by Gasteiger charge is -1.99. The van der Waals surface area contributed by atoms with Crippen LogP contribution in [0.2, 0.25) is 0 Å². The van der Waals surface area contributed by atoms with E-state index in [0.717, 1.165) is 22.1 Å². The maximum atomic E-state index is 10.8. The van der Waals surface area contributed by atoms with Crippen molar-refractivity contribution in [3.05, 3.63) is 22.4 Å². The zero-order valence-corrected chi connectivity index (χ0v) is 16.2. The zero-order chi connectivity index (χ0) is 20.4. The highest BCUT2D eigenvalue weighted by atomic mass is 32.1. The minimum Gasteiger partial charge on any atom is -0.473 e. The number of carbonyl (C=O) groups is 3. The minimum atomic E-state index is -1.82. The Balaban J connectivity index is 0.000000527. The Morgan fingerprint density at radius 2 is 1.93 bits per heavy atom. The summed E-state index contributed by atoms with van der Waals surface area (Å²) < 4.78 is 0. The number of nitrogens with one attached hydrogen (secondary N) is 2. The van der Waals surface area contributed by atoms with Crippen LogP contribution in [0.5, 0.6) is 0 Å². The number of thiazole rings is 1. The van der Waals surface area contributed by atoms with Gasteiger partial charge < -0.3 is 26.6 Å². The van der Waals surface area contributed by atoms with Crippen molar-refractivity contribution < 1.29 is 24.6 Å². The molecule has 2 heterocycles. The van der Waals surface area contributed by atoms with E-state index < -0.39 is 11.9 Å². The van der Waals surface area contributed by atoms with E-state index in [1.54, 1.807) is 18.4 Å². The molecule has 0 aromatic carbocycles. The van der Waals surface area contributed by atoms with Crippen molar-refractivity contribution >= 4 is 51.6 Å². The van der Waals surface area contributed by atoms with E-state index in [1.165, 1.54) is 23.1 Å². The molecule has 0 fully saturated rings. The number of aliphatic imine (C=N–C) groups is 1. The summed E-state index contributed by atoms with van der Waals surface area (Å²) in [6.45, 7) is 2.18. The van der Waals surface area contributed by atoms with E-state index in [-0.39, 0.29) is 5.91 Å². The molecule has 0 aliphatic heterocycles. The fourth-order valence-corrected chi connectivity index (χ4v) is 3.38. The maximum Gasteiger partial charge on any atom is 0.414 e. The molecule has 12 heteroatoms. The fraction of sp³-hybridized carbons (Fsp3) is 0.267. The molecule has 0 saturated carbocycles. The smallest absolute Gasteiger partial charge is 0.414 e. The summed E-state index contributed by atoms with van der Waals surface area (Å²) in [5.74, 6) is -3.31. The predicted molar refractivity (Wildman–Crippen MR) is 104 cm³/mol. The predicted octanol–water partition coefficient (Wildman–Crippen LogP) is 1.06. The van der Waals surface area contributed by atoms with E-state index in [2.05, 4.69) is 26.7 Å². The number of nitrogens with zero attached hydrogens (tertiary/aromatic N) is 2. The highest BCUT2D eigenvalue weighted by molar-refractivity contribution is 7.17. The molecular weight excluding hydrogens is 394 g/mol. The van der Waals surface area contributed by atoms with Crippen molar-refractivity contribution in [1.29, 1.82) is 0 Å². The van der Waals surface area contributed by atoms with Gasteiger partial charge in [0.2, 0.25) is 5.91 Å². The minimum absolute atomic E-state index is 0.00262. The van der Waals surface area contributed by atoms with Crippen LogP contribution < -0.4 is 16.4 Å². The number of aromatic nitrogens is 1. The summed E-state index contributed by atoms with van der Waals surface area (Å²) in [6, 6.07) is 4.11. The third-order valence-electron chi connectivity index (χ3n) is 2.82. The van der Waals surface area contributed by atoms with Crippen LogP contribution in [0, 0.1) is 0 Å². The molecule has 0 aliphatic carbocycles. The van der Waals surface area contributed by atoms with Gasteiger partial charge in [-0.3, -0.25) is 9.79 Å². The summed E-state index contributed by atoms with van der Waals surface area (Å²) in [6.07, 6.45) is 0.828. The van der Waals surface area contributed by atoms with Crippen molar-refractivity contribution in [3.8, 4) is 10.6 Å². The van der Waals surface area contributed by atoms with Crippen LogP contribution in [0.25, 0.3) is 10.6 Å². The fourth-order valence-electron chi connectivity index (χ4n) is 1.62. The lowest BCUT2D eigenvalue weighted by Crippen LogP contribution is -2.22. The first kappa shape index (κ1) is 22.1. The largest absolute Gasteiger partial charge is 0.473 e. The van der Waals surface area contributed by atoms with Crippen LogP contribution >= 0.6 is 22.7 Å². The Bertz CT molecular complexity index is 818. The first-order valence-electron chi connectivity index (χ1n) is 7.47. The van der Waals surface area contributed by atoms with Gasteiger partial charge in [-0.15, -0.1) is 22.7 Å². The number of rotatable bonds is 5. The molecule has 0 bridgehead atoms. The van der Waals surface area contributed by atoms with Crippen LogP contribution in [0.3, 0.4) is 0 Å². The number of thiophene rings is 1. The Kier molecular flexibility index (Phi) is 8.89. The Labute approximate surface area is 162 Å². The number of anilines is 1. The zero-order valence-electron chi connectivity index (χ0n) is 14.6. The highest BCUT2D eigenvalue weighted by Crippen LogP contribution is 2.30. The summed E-state index contributed by atoms with van der Waals surface area (Å²) in [5.41, 5.74) is 6.53. The van der Waals surface area contributed by atoms with Crippen molar-refractivity contribution in [2.75, 3.05) is 18.9 Å². The molecule has 2 rings (SSSR count). The Hall–Kier alpha value is -2.99. The number of guanidine groups is 1. The average molecular weight is 413 g/mol. The SMILES string of the molecule is CN=C(N)Nc1nc(-c2ccc(CCNC(C)=O)s2)cs1.O=C(O)C(=O)O. The van der Waals surface area contributed by atoms with Gasteiger partial charge in [-0.05, 0) is 18.6 Å². The van der Waals surface area contributed by atoms with E-state index in [9.17, 15) is 4.79 Å². The standard InChI is InChI=1S/C13H17N5OS2.C2H2O4/c1-8(19)16-6-5-9-3-4-11(21-9)10-7-20-13(17-10)18-12(14)15-2;3-1(4)2(5)6/h3-4,7H,5-6H2,1-2H3,(H,16,19)(H3,14,15,17,18);(H,3,4)(H,5,6). The number of hydrogen-bond donors (Lipinski definition) is 5. The number of nitrogens with two attached hydrogens (primary N) is 1. The second kappa shape index (κ2) is 10.9. The van der Waals surface area contributed by atoms with Crippen LogP contribution in [-0.4, -0.2) is 52.6 Å². The van der Waals surface area contributed by atoms with Gasteiger partial charge in [-0.25, -0.2) is 14.6 Å². The van der Waals surface area contributed by atoms with Crippen LogP contribution in [-0.2, 0) is 20.8 Å². The number of carboxylic acids is 2. The van der Waals surface area contributed by atoms with Crippen molar-refractivity contribution in [2.45, 2.75) is 13.3 Å². The molecular formula is C15H19N5O5S2.